The van der Waals surface area contributed by atoms with Gasteiger partial charge >= 0.3 is 0 Å². The van der Waals surface area contributed by atoms with Crippen LogP contribution in [0.1, 0.15) is 17.3 Å². The van der Waals surface area contributed by atoms with Crippen molar-refractivity contribution in [2.75, 3.05) is 13.7 Å². The van der Waals surface area contributed by atoms with Crippen LogP contribution in [0.5, 0.6) is 5.75 Å². The van der Waals surface area contributed by atoms with Gasteiger partial charge in [-0.25, -0.2) is 0 Å². The third-order valence-electron chi connectivity index (χ3n) is 2.03. The number of carbonyl (C=O) groups is 1. The molecule has 5 heteroatoms. The highest BCUT2D eigenvalue weighted by Crippen LogP contribution is 2.31. The molecule has 0 fully saturated rings. The zero-order valence-corrected chi connectivity index (χ0v) is 10.5. The molecule has 16 heavy (non-hydrogen) atoms. The highest BCUT2D eigenvalue weighted by Gasteiger charge is 2.11. The Kier molecular flexibility index (Phi) is 5.06. The van der Waals surface area contributed by atoms with Gasteiger partial charge in [-0.2, -0.15) is 0 Å². The molecule has 3 nitrogen and oxygen atoms in total. The van der Waals surface area contributed by atoms with Crippen LogP contribution in [0, 0.1) is 0 Å². The molecule has 1 rings (SSSR count). The summed E-state index contributed by atoms with van der Waals surface area (Å²) in [6, 6.07) is 3.04. The molecule has 0 heterocycles. The van der Waals surface area contributed by atoms with Crippen LogP contribution in [-0.4, -0.2) is 26.1 Å². The van der Waals surface area contributed by atoms with Crippen molar-refractivity contribution in [2.45, 2.75) is 13.0 Å². The molecule has 1 aromatic carbocycles. The van der Waals surface area contributed by atoms with Gasteiger partial charge in [0.25, 0.3) is 0 Å². The number of benzene rings is 1. The minimum atomic E-state index is -0.0775. The van der Waals surface area contributed by atoms with Crippen LogP contribution in [0.15, 0.2) is 12.1 Å². The van der Waals surface area contributed by atoms with Crippen molar-refractivity contribution < 1.29 is 14.3 Å². The Labute approximate surface area is 104 Å². The van der Waals surface area contributed by atoms with Gasteiger partial charge in [0, 0.05) is 12.1 Å². The van der Waals surface area contributed by atoms with E-state index in [0.717, 1.165) is 0 Å². The Morgan fingerprint density at radius 2 is 2.12 bits per heavy atom. The molecule has 0 N–H and O–H groups in total. The Morgan fingerprint density at radius 1 is 1.44 bits per heavy atom. The van der Waals surface area contributed by atoms with Crippen LogP contribution in [0.2, 0.25) is 10.0 Å². The first kappa shape index (κ1) is 13.3. The fourth-order valence-electron chi connectivity index (χ4n) is 1.09. The molecule has 0 aliphatic rings. The zero-order valence-electron chi connectivity index (χ0n) is 9.00. The normalized spacial score (nSPS) is 12.2. The zero-order chi connectivity index (χ0) is 12.1. The van der Waals surface area contributed by atoms with E-state index >= 15 is 0 Å². The Balaban J connectivity index is 2.89. The van der Waals surface area contributed by atoms with Crippen molar-refractivity contribution in [1.29, 1.82) is 0 Å². The third kappa shape index (κ3) is 3.37. The van der Waals surface area contributed by atoms with Gasteiger partial charge in [0.1, 0.15) is 12.4 Å². The van der Waals surface area contributed by atoms with Crippen LogP contribution in [0.3, 0.4) is 0 Å². The van der Waals surface area contributed by atoms with Crippen LogP contribution in [-0.2, 0) is 4.74 Å². The lowest BCUT2D eigenvalue weighted by molar-refractivity contribution is 0.0712. The first-order chi connectivity index (χ1) is 7.58. The van der Waals surface area contributed by atoms with Gasteiger partial charge in [-0.1, -0.05) is 23.2 Å². The van der Waals surface area contributed by atoms with E-state index in [0.29, 0.717) is 34.3 Å². The van der Waals surface area contributed by atoms with E-state index in [1.807, 2.05) is 6.92 Å². The lowest BCUT2D eigenvalue weighted by atomic mass is 10.2. The molecule has 1 atom stereocenters. The number of rotatable bonds is 5. The molecule has 0 bridgehead atoms. The third-order valence-corrected chi connectivity index (χ3v) is 2.53. The second-order valence-electron chi connectivity index (χ2n) is 3.28. The number of ether oxygens (including phenoxy) is 2. The number of methoxy groups -OCH3 is 1. The van der Waals surface area contributed by atoms with Gasteiger partial charge < -0.3 is 9.47 Å². The van der Waals surface area contributed by atoms with Crippen LogP contribution in [0.4, 0.5) is 0 Å². The standard InChI is InChI=1S/C11H12Cl2O3/c1-7(15-2)6-16-11-8(5-14)3-9(12)4-10(11)13/h3-5,7H,6H2,1-2H3. The van der Waals surface area contributed by atoms with Crippen LogP contribution >= 0.6 is 23.2 Å². The van der Waals surface area contributed by atoms with E-state index in [2.05, 4.69) is 0 Å². The molecular weight excluding hydrogens is 251 g/mol. The molecule has 0 radical (unpaired) electrons. The summed E-state index contributed by atoms with van der Waals surface area (Å²) in [6.45, 7) is 2.17. The smallest absolute Gasteiger partial charge is 0.153 e. The van der Waals surface area contributed by atoms with E-state index < -0.39 is 0 Å². The number of hydrogen-bond acceptors (Lipinski definition) is 3. The summed E-state index contributed by atoms with van der Waals surface area (Å²) in [5, 5.41) is 0.720. The fourth-order valence-corrected chi connectivity index (χ4v) is 1.65. The number of carbonyl (C=O) groups excluding carboxylic acids is 1. The highest BCUT2D eigenvalue weighted by molar-refractivity contribution is 6.36. The van der Waals surface area contributed by atoms with E-state index in [9.17, 15) is 4.79 Å². The van der Waals surface area contributed by atoms with Crippen molar-refractivity contribution in [2.24, 2.45) is 0 Å². The van der Waals surface area contributed by atoms with E-state index in [1.165, 1.54) is 12.1 Å². The van der Waals surface area contributed by atoms with E-state index in [4.69, 9.17) is 32.7 Å². The average molecular weight is 263 g/mol. The summed E-state index contributed by atoms with van der Waals surface area (Å²) in [5.41, 5.74) is 0.334. The summed E-state index contributed by atoms with van der Waals surface area (Å²) in [4.78, 5) is 10.8. The van der Waals surface area contributed by atoms with E-state index in [-0.39, 0.29) is 6.10 Å². The summed E-state index contributed by atoms with van der Waals surface area (Å²) < 4.78 is 10.4. The molecule has 1 unspecified atom stereocenters. The first-order valence-corrected chi connectivity index (χ1v) is 5.44. The van der Waals surface area contributed by atoms with Crippen LogP contribution in [0.25, 0.3) is 0 Å². The van der Waals surface area contributed by atoms with Gasteiger partial charge in [0.15, 0.2) is 6.29 Å². The maximum atomic E-state index is 10.8. The summed E-state index contributed by atoms with van der Waals surface area (Å²) >= 11 is 11.7. The topological polar surface area (TPSA) is 35.5 Å². The lowest BCUT2D eigenvalue weighted by Gasteiger charge is -2.14. The van der Waals surface area contributed by atoms with E-state index in [1.54, 1.807) is 7.11 Å². The molecule has 0 saturated carbocycles. The molecule has 0 spiro atoms. The number of halogens is 2. The van der Waals surface area contributed by atoms with Gasteiger partial charge in [-0.15, -0.1) is 0 Å². The van der Waals surface area contributed by atoms with Gasteiger partial charge in [-0.05, 0) is 19.1 Å². The summed E-state index contributed by atoms with van der Waals surface area (Å²) in [7, 11) is 1.58. The molecule has 0 aliphatic carbocycles. The second-order valence-corrected chi connectivity index (χ2v) is 4.12. The summed E-state index contributed by atoms with van der Waals surface area (Å²) in [6.07, 6.45) is 0.580. The average Bonchev–Trinajstić information content (AvgIpc) is 2.26. The molecule has 88 valence electrons. The SMILES string of the molecule is COC(C)COc1c(Cl)cc(Cl)cc1C=O. The van der Waals surface area contributed by atoms with Gasteiger partial charge in [0.2, 0.25) is 0 Å². The van der Waals surface area contributed by atoms with Gasteiger partial charge in [0.05, 0.1) is 16.7 Å². The minimum Gasteiger partial charge on any atom is -0.489 e. The van der Waals surface area contributed by atoms with Crippen molar-refractivity contribution in [3.8, 4) is 5.75 Å². The minimum absolute atomic E-state index is 0.0775. The predicted molar refractivity (Wildman–Crippen MR) is 63.8 cm³/mol. The number of aldehydes is 1. The summed E-state index contributed by atoms with van der Waals surface area (Å²) in [5.74, 6) is 0.338. The van der Waals surface area contributed by atoms with Crippen LogP contribution < -0.4 is 4.74 Å². The number of hydrogen-bond donors (Lipinski definition) is 0. The molecule has 1 aromatic rings. The van der Waals surface area contributed by atoms with Gasteiger partial charge in [-0.3, -0.25) is 4.79 Å². The molecular formula is C11H12Cl2O3. The maximum Gasteiger partial charge on any atom is 0.153 e. The molecule has 0 aliphatic heterocycles. The second kappa shape index (κ2) is 6.09. The highest BCUT2D eigenvalue weighted by atomic mass is 35.5. The first-order valence-electron chi connectivity index (χ1n) is 4.68. The Bertz CT molecular complexity index is 380. The quantitative estimate of drug-likeness (QED) is 0.765. The Hall–Kier alpha value is -0.770. The largest absolute Gasteiger partial charge is 0.489 e. The Morgan fingerprint density at radius 3 is 2.69 bits per heavy atom. The van der Waals surface area contributed by atoms with Crippen molar-refractivity contribution in [1.82, 2.24) is 0 Å². The molecule has 0 amide bonds. The van der Waals surface area contributed by atoms with Crippen molar-refractivity contribution in [3.63, 3.8) is 0 Å². The van der Waals surface area contributed by atoms with Crippen molar-refractivity contribution >= 4 is 29.5 Å². The molecule has 0 saturated heterocycles. The fraction of sp³-hybridized carbons (Fsp3) is 0.364. The monoisotopic (exact) mass is 262 g/mol. The lowest BCUT2D eigenvalue weighted by Crippen LogP contribution is -2.16. The maximum absolute atomic E-state index is 10.8. The molecule has 0 aromatic heterocycles. The van der Waals surface area contributed by atoms with Crippen molar-refractivity contribution in [3.05, 3.63) is 27.7 Å². The predicted octanol–water partition coefficient (Wildman–Crippen LogP) is 3.22.